The summed E-state index contributed by atoms with van der Waals surface area (Å²) in [6.07, 6.45) is 0. The maximum absolute atomic E-state index is 12.3. The highest BCUT2D eigenvalue weighted by molar-refractivity contribution is 5.99. The predicted molar refractivity (Wildman–Crippen MR) is 78.4 cm³/mol. The minimum absolute atomic E-state index is 0.163. The highest BCUT2D eigenvalue weighted by Gasteiger charge is 2.15. The van der Waals surface area contributed by atoms with E-state index < -0.39 is 0 Å². The van der Waals surface area contributed by atoms with E-state index in [1.165, 1.54) is 0 Å². The van der Waals surface area contributed by atoms with E-state index in [9.17, 15) is 4.79 Å². The minimum atomic E-state index is -0.163. The number of rotatable bonds is 5. The number of para-hydroxylation sites is 1. The molecule has 6 heteroatoms. The second kappa shape index (κ2) is 6.31. The van der Waals surface area contributed by atoms with Crippen LogP contribution in [0.15, 0.2) is 30.3 Å². The SMILES string of the molecule is COCCN(C)C(=O)c1cc(NN)c2ccccc2n1. The van der Waals surface area contributed by atoms with Gasteiger partial charge in [-0.25, -0.2) is 4.98 Å². The fraction of sp³-hybridized carbons (Fsp3) is 0.286. The van der Waals surface area contributed by atoms with Crippen LogP contribution in [0, 0.1) is 0 Å². The molecule has 2 aromatic rings. The fourth-order valence-electron chi connectivity index (χ4n) is 1.93. The number of hydrogen-bond acceptors (Lipinski definition) is 5. The van der Waals surface area contributed by atoms with Gasteiger partial charge >= 0.3 is 0 Å². The lowest BCUT2D eigenvalue weighted by atomic mass is 10.1. The van der Waals surface area contributed by atoms with E-state index in [1.54, 1.807) is 25.1 Å². The van der Waals surface area contributed by atoms with Crippen LogP contribution in [-0.2, 0) is 4.74 Å². The van der Waals surface area contributed by atoms with Crippen LogP contribution in [0.2, 0.25) is 0 Å². The zero-order valence-corrected chi connectivity index (χ0v) is 11.6. The number of nitrogens with zero attached hydrogens (tertiary/aromatic N) is 2. The molecule has 0 bridgehead atoms. The van der Waals surface area contributed by atoms with Gasteiger partial charge in [0.2, 0.25) is 0 Å². The van der Waals surface area contributed by atoms with Crippen LogP contribution in [0.1, 0.15) is 10.5 Å². The van der Waals surface area contributed by atoms with Gasteiger partial charge in [-0.05, 0) is 12.1 Å². The summed E-state index contributed by atoms with van der Waals surface area (Å²) in [7, 11) is 3.32. The number of hydrazine groups is 1. The maximum atomic E-state index is 12.3. The average Bonchev–Trinajstić information content (AvgIpc) is 2.50. The van der Waals surface area contributed by atoms with Gasteiger partial charge < -0.3 is 15.1 Å². The zero-order valence-electron chi connectivity index (χ0n) is 11.6. The van der Waals surface area contributed by atoms with E-state index in [4.69, 9.17) is 10.6 Å². The van der Waals surface area contributed by atoms with Crippen molar-refractivity contribution in [1.82, 2.24) is 9.88 Å². The van der Waals surface area contributed by atoms with E-state index in [2.05, 4.69) is 10.4 Å². The first-order valence-corrected chi connectivity index (χ1v) is 6.28. The molecule has 0 fully saturated rings. The number of ether oxygens (including phenoxy) is 1. The van der Waals surface area contributed by atoms with Crippen LogP contribution in [0.4, 0.5) is 5.69 Å². The summed E-state index contributed by atoms with van der Waals surface area (Å²) < 4.78 is 4.97. The van der Waals surface area contributed by atoms with E-state index in [0.29, 0.717) is 24.5 Å². The lowest BCUT2D eigenvalue weighted by Crippen LogP contribution is -2.30. The first kappa shape index (κ1) is 14.2. The number of nitrogen functional groups attached to an aromatic ring is 1. The summed E-state index contributed by atoms with van der Waals surface area (Å²) >= 11 is 0. The Labute approximate surface area is 117 Å². The van der Waals surface area contributed by atoms with Crippen molar-refractivity contribution >= 4 is 22.5 Å². The summed E-state index contributed by atoms with van der Waals surface area (Å²) in [5.41, 5.74) is 4.38. The standard InChI is InChI=1S/C14H18N4O2/c1-18(7-8-20-2)14(19)13-9-12(17-15)10-5-3-4-6-11(10)16-13/h3-6,9H,7-8,15H2,1-2H3,(H,16,17). The first-order chi connectivity index (χ1) is 9.67. The van der Waals surface area contributed by atoms with Crippen molar-refractivity contribution < 1.29 is 9.53 Å². The van der Waals surface area contributed by atoms with Gasteiger partial charge in [0.15, 0.2) is 0 Å². The van der Waals surface area contributed by atoms with Crippen LogP contribution in [0.3, 0.4) is 0 Å². The summed E-state index contributed by atoms with van der Waals surface area (Å²) in [4.78, 5) is 18.3. The molecule has 1 aromatic carbocycles. The number of nitrogens with two attached hydrogens (primary N) is 1. The van der Waals surface area contributed by atoms with E-state index in [0.717, 1.165) is 10.9 Å². The van der Waals surface area contributed by atoms with Gasteiger partial charge in [-0.15, -0.1) is 0 Å². The van der Waals surface area contributed by atoms with Crippen molar-refractivity contribution in [3.63, 3.8) is 0 Å². The second-order valence-corrected chi connectivity index (χ2v) is 4.44. The Balaban J connectivity index is 2.37. The van der Waals surface area contributed by atoms with Crippen molar-refractivity contribution in [3.8, 4) is 0 Å². The topological polar surface area (TPSA) is 80.5 Å². The van der Waals surface area contributed by atoms with E-state index in [-0.39, 0.29) is 5.91 Å². The number of amides is 1. The maximum Gasteiger partial charge on any atom is 0.272 e. The number of benzene rings is 1. The number of pyridine rings is 1. The predicted octanol–water partition coefficient (Wildman–Crippen LogP) is 1.24. The molecule has 1 amide bonds. The number of fused-ring (bicyclic) bond motifs is 1. The Morgan fingerprint density at radius 2 is 2.20 bits per heavy atom. The molecule has 106 valence electrons. The Morgan fingerprint density at radius 3 is 2.90 bits per heavy atom. The normalized spacial score (nSPS) is 10.6. The molecule has 0 aliphatic carbocycles. The van der Waals surface area contributed by atoms with Crippen molar-refractivity contribution in [2.75, 3.05) is 32.7 Å². The lowest BCUT2D eigenvalue weighted by molar-refractivity contribution is 0.0739. The number of anilines is 1. The van der Waals surface area contributed by atoms with Crippen molar-refractivity contribution in [2.45, 2.75) is 0 Å². The molecule has 0 saturated carbocycles. The number of methoxy groups -OCH3 is 1. The Bertz CT molecular complexity index is 615. The molecule has 2 rings (SSSR count). The van der Waals surface area contributed by atoms with Crippen LogP contribution >= 0.6 is 0 Å². The zero-order chi connectivity index (χ0) is 14.5. The third-order valence-electron chi connectivity index (χ3n) is 3.07. The largest absolute Gasteiger partial charge is 0.383 e. The smallest absolute Gasteiger partial charge is 0.272 e. The van der Waals surface area contributed by atoms with Gasteiger partial charge in [0, 0.05) is 26.1 Å². The fourth-order valence-corrected chi connectivity index (χ4v) is 1.93. The van der Waals surface area contributed by atoms with Gasteiger partial charge in [-0.2, -0.15) is 0 Å². The van der Waals surface area contributed by atoms with E-state index in [1.807, 2.05) is 24.3 Å². The Hall–Kier alpha value is -2.18. The molecule has 1 heterocycles. The monoisotopic (exact) mass is 274 g/mol. The van der Waals surface area contributed by atoms with Crippen molar-refractivity contribution in [3.05, 3.63) is 36.0 Å². The molecular weight excluding hydrogens is 256 g/mol. The molecule has 0 saturated heterocycles. The van der Waals surface area contributed by atoms with Crippen LogP contribution in [-0.4, -0.2) is 43.1 Å². The Kier molecular flexibility index (Phi) is 4.49. The number of carbonyl (C=O) groups is 1. The second-order valence-electron chi connectivity index (χ2n) is 4.44. The molecule has 0 atom stereocenters. The van der Waals surface area contributed by atoms with Gasteiger partial charge in [0.25, 0.3) is 5.91 Å². The molecule has 1 aromatic heterocycles. The van der Waals surface area contributed by atoms with Gasteiger partial charge in [-0.1, -0.05) is 18.2 Å². The lowest BCUT2D eigenvalue weighted by Gasteiger charge is -2.17. The van der Waals surface area contributed by atoms with Gasteiger partial charge in [0.1, 0.15) is 5.69 Å². The number of hydrogen-bond donors (Lipinski definition) is 2. The molecule has 3 N–H and O–H groups in total. The Morgan fingerprint density at radius 1 is 1.45 bits per heavy atom. The summed E-state index contributed by atoms with van der Waals surface area (Å²) in [6.45, 7) is 0.993. The third-order valence-corrected chi connectivity index (χ3v) is 3.07. The quantitative estimate of drug-likeness (QED) is 0.633. The number of nitrogens with one attached hydrogen (secondary N) is 1. The van der Waals surface area contributed by atoms with Crippen LogP contribution in [0.25, 0.3) is 10.9 Å². The van der Waals surface area contributed by atoms with Crippen LogP contribution in [0.5, 0.6) is 0 Å². The number of likely N-dealkylation sites (N-methyl/N-ethyl adjacent to an activating group) is 1. The molecule has 0 aliphatic rings. The third kappa shape index (κ3) is 2.87. The molecule has 0 radical (unpaired) electrons. The summed E-state index contributed by atoms with van der Waals surface area (Å²) in [6, 6.07) is 9.19. The average molecular weight is 274 g/mol. The van der Waals surface area contributed by atoms with Crippen molar-refractivity contribution in [1.29, 1.82) is 0 Å². The molecule has 20 heavy (non-hydrogen) atoms. The van der Waals surface area contributed by atoms with Crippen molar-refractivity contribution in [2.24, 2.45) is 5.84 Å². The highest BCUT2D eigenvalue weighted by atomic mass is 16.5. The number of aromatic nitrogens is 1. The minimum Gasteiger partial charge on any atom is -0.383 e. The summed E-state index contributed by atoms with van der Waals surface area (Å²) in [5, 5.41) is 0.881. The molecule has 0 spiro atoms. The molecule has 6 nitrogen and oxygen atoms in total. The van der Waals surface area contributed by atoms with Gasteiger partial charge in [0.05, 0.1) is 17.8 Å². The molecule has 0 unspecified atom stereocenters. The first-order valence-electron chi connectivity index (χ1n) is 6.28. The molecular formula is C14H18N4O2. The van der Waals surface area contributed by atoms with Gasteiger partial charge in [-0.3, -0.25) is 10.6 Å². The molecule has 0 aliphatic heterocycles. The highest BCUT2D eigenvalue weighted by Crippen LogP contribution is 2.22. The summed E-state index contributed by atoms with van der Waals surface area (Å²) in [5.74, 6) is 5.36. The van der Waals surface area contributed by atoms with E-state index >= 15 is 0 Å². The van der Waals surface area contributed by atoms with Crippen LogP contribution < -0.4 is 11.3 Å². The number of carbonyl (C=O) groups excluding carboxylic acids is 1.